The second kappa shape index (κ2) is 5.49. The molecule has 0 amide bonds. The van der Waals surface area contributed by atoms with Crippen LogP contribution < -0.4 is 0 Å². The molecule has 2 aromatic rings. The number of hydrogen-bond donors (Lipinski definition) is 1. The Labute approximate surface area is 120 Å². The Bertz CT molecular complexity index is 617. The van der Waals surface area contributed by atoms with Crippen molar-refractivity contribution in [1.82, 2.24) is 0 Å². The van der Waals surface area contributed by atoms with Gasteiger partial charge in [-0.15, -0.1) is 0 Å². The molecule has 0 aliphatic rings. The van der Waals surface area contributed by atoms with Crippen molar-refractivity contribution in [2.45, 2.75) is 32.6 Å². The first kappa shape index (κ1) is 14.3. The van der Waals surface area contributed by atoms with Crippen molar-refractivity contribution in [3.63, 3.8) is 0 Å². The molecule has 1 atom stereocenters. The Kier molecular flexibility index (Phi) is 3.93. The van der Waals surface area contributed by atoms with Crippen molar-refractivity contribution in [2.24, 2.45) is 0 Å². The van der Waals surface area contributed by atoms with Gasteiger partial charge in [-0.3, -0.25) is 4.79 Å². The van der Waals surface area contributed by atoms with E-state index in [-0.39, 0.29) is 0 Å². The standard InChI is InChI=1S/C18H20O2/c1-13-9-10-14(2)15(11-13)12-18(3,17(19)20)16-7-5-4-6-8-16/h4-11H,12H2,1-3H3,(H,19,20). The Morgan fingerprint density at radius 3 is 2.35 bits per heavy atom. The summed E-state index contributed by atoms with van der Waals surface area (Å²) in [4.78, 5) is 11.8. The van der Waals surface area contributed by atoms with Crippen LogP contribution >= 0.6 is 0 Å². The molecule has 20 heavy (non-hydrogen) atoms. The van der Waals surface area contributed by atoms with Crippen LogP contribution in [-0.2, 0) is 16.6 Å². The Morgan fingerprint density at radius 1 is 1.10 bits per heavy atom. The van der Waals surface area contributed by atoms with Crippen LogP contribution in [0.4, 0.5) is 0 Å². The van der Waals surface area contributed by atoms with Gasteiger partial charge >= 0.3 is 5.97 Å². The monoisotopic (exact) mass is 268 g/mol. The molecule has 0 fully saturated rings. The maximum Gasteiger partial charge on any atom is 0.314 e. The maximum atomic E-state index is 11.8. The Balaban J connectivity index is 2.45. The molecule has 2 heteroatoms. The maximum absolute atomic E-state index is 11.8. The SMILES string of the molecule is Cc1ccc(C)c(CC(C)(C(=O)O)c2ccccc2)c1. The highest BCUT2D eigenvalue weighted by Gasteiger charge is 2.35. The molecule has 104 valence electrons. The van der Waals surface area contributed by atoms with E-state index in [4.69, 9.17) is 0 Å². The summed E-state index contributed by atoms with van der Waals surface area (Å²) in [6.45, 7) is 5.86. The molecule has 0 heterocycles. The van der Waals surface area contributed by atoms with Crippen LogP contribution in [0.2, 0.25) is 0 Å². The lowest BCUT2D eigenvalue weighted by atomic mass is 9.76. The molecular weight excluding hydrogens is 248 g/mol. The highest BCUT2D eigenvalue weighted by Crippen LogP contribution is 2.30. The number of carboxylic acid groups (broad SMARTS) is 1. The molecule has 1 unspecified atom stereocenters. The van der Waals surface area contributed by atoms with Crippen molar-refractivity contribution < 1.29 is 9.90 Å². The number of hydrogen-bond acceptors (Lipinski definition) is 1. The lowest BCUT2D eigenvalue weighted by Crippen LogP contribution is -2.35. The topological polar surface area (TPSA) is 37.3 Å². The zero-order valence-electron chi connectivity index (χ0n) is 12.2. The molecule has 2 rings (SSSR count). The van der Waals surface area contributed by atoms with E-state index in [1.807, 2.05) is 44.2 Å². The van der Waals surface area contributed by atoms with Gasteiger partial charge in [-0.25, -0.2) is 0 Å². The van der Waals surface area contributed by atoms with Crippen molar-refractivity contribution in [3.8, 4) is 0 Å². The quantitative estimate of drug-likeness (QED) is 0.913. The fourth-order valence-corrected chi connectivity index (χ4v) is 2.48. The zero-order valence-corrected chi connectivity index (χ0v) is 12.2. The summed E-state index contributed by atoms with van der Waals surface area (Å²) in [7, 11) is 0. The van der Waals surface area contributed by atoms with Crippen LogP contribution in [0.15, 0.2) is 48.5 Å². The van der Waals surface area contributed by atoms with Gasteiger partial charge in [-0.05, 0) is 43.9 Å². The van der Waals surface area contributed by atoms with E-state index in [0.29, 0.717) is 6.42 Å². The molecule has 0 radical (unpaired) electrons. The Morgan fingerprint density at radius 2 is 1.75 bits per heavy atom. The normalized spacial score (nSPS) is 13.8. The minimum absolute atomic E-state index is 0.500. The summed E-state index contributed by atoms with van der Waals surface area (Å²) in [6.07, 6.45) is 0.500. The number of benzene rings is 2. The van der Waals surface area contributed by atoms with Gasteiger partial charge < -0.3 is 5.11 Å². The molecule has 2 nitrogen and oxygen atoms in total. The van der Waals surface area contributed by atoms with Gasteiger partial charge in [-0.1, -0.05) is 54.1 Å². The van der Waals surface area contributed by atoms with Crippen LogP contribution in [0.25, 0.3) is 0 Å². The summed E-state index contributed by atoms with van der Waals surface area (Å²) in [5.41, 5.74) is 3.33. The molecule has 1 N–H and O–H groups in total. The van der Waals surface area contributed by atoms with E-state index >= 15 is 0 Å². The highest BCUT2D eigenvalue weighted by atomic mass is 16.4. The Hall–Kier alpha value is -2.09. The van der Waals surface area contributed by atoms with Crippen LogP contribution in [-0.4, -0.2) is 11.1 Å². The molecule has 0 bridgehead atoms. The van der Waals surface area contributed by atoms with Crippen molar-refractivity contribution in [3.05, 3.63) is 70.8 Å². The molecule has 0 saturated carbocycles. The minimum atomic E-state index is -0.903. The lowest BCUT2D eigenvalue weighted by Gasteiger charge is -2.26. The third-order valence-corrected chi connectivity index (χ3v) is 3.93. The number of carbonyl (C=O) groups is 1. The first-order chi connectivity index (χ1) is 9.43. The van der Waals surface area contributed by atoms with Crippen molar-refractivity contribution in [1.29, 1.82) is 0 Å². The minimum Gasteiger partial charge on any atom is -0.481 e. The van der Waals surface area contributed by atoms with Crippen molar-refractivity contribution in [2.75, 3.05) is 0 Å². The third kappa shape index (κ3) is 2.74. The fourth-order valence-electron chi connectivity index (χ4n) is 2.48. The van der Waals surface area contributed by atoms with Gasteiger partial charge in [0.1, 0.15) is 0 Å². The van der Waals surface area contributed by atoms with Gasteiger partial charge in [0.15, 0.2) is 0 Å². The van der Waals surface area contributed by atoms with E-state index in [0.717, 1.165) is 22.3 Å². The molecule has 2 aromatic carbocycles. The zero-order chi connectivity index (χ0) is 14.8. The molecule has 0 spiro atoms. The van der Waals surface area contributed by atoms with E-state index in [2.05, 4.69) is 18.2 Å². The average Bonchev–Trinajstić information content (AvgIpc) is 2.43. The largest absolute Gasteiger partial charge is 0.481 e. The summed E-state index contributed by atoms with van der Waals surface area (Å²) >= 11 is 0. The second-order valence-corrected chi connectivity index (χ2v) is 5.61. The third-order valence-electron chi connectivity index (χ3n) is 3.93. The molecule has 0 aromatic heterocycles. The van der Waals surface area contributed by atoms with Gasteiger partial charge in [0, 0.05) is 0 Å². The summed E-state index contributed by atoms with van der Waals surface area (Å²) in [5.74, 6) is -0.787. The summed E-state index contributed by atoms with van der Waals surface area (Å²) < 4.78 is 0. The van der Waals surface area contributed by atoms with Gasteiger partial charge in [0.25, 0.3) is 0 Å². The predicted octanol–water partition coefficient (Wildman–Crippen LogP) is 3.89. The molecule has 0 aliphatic heterocycles. The van der Waals surface area contributed by atoms with Crippen molar-refractivity contribution >= 4 is 5.97 Å². The first-order valence-electron chi connectivity index (χ1n) is 6.78. The van der Waals surface area contributed by atoms with Gasteiger partial charge in [-0.2, -0.15) is 0 Å². The van der Waals surface area contributed by atoms with E-state index in [1.165, 1.54) is 0 Å². The summed E-state index contributed by atoms with van der Waals surface area (Å²) in [5, 5.41) is 9.71. The van der Waals surface area contributed by atoms with E-state index < -0.39 is 11.4 Å². The number of aliphatic carboxylic acids is 1. The number of aryl methyl sites for hydroxylation is 2. The van der Waals surface area contributed by atoms with Crippen LogP contribution in [0.5, 0.6) is 0 Å². The molecule has 0 aliphatic carbocycles. The van der Waals surface area contributed by atoms with E-state index in [1.54, 1.807) is 6.92 Å². The molecule has 0 saturated heterocycles. The smallest absolute Gasteiger partial charge is 0.314 e. The predicted molar refractivity (Wildman–Crippen MR) is 81.0 cm³/mol. The number of rotatable bonds is 4. The number of carboxylic acids is 1. The summed E-state index contributed by atoms with van der Waals surface area (Å²) in [6, 6.07) is 15.7. The van der Waals surface area contributed by atoms with Crippen LogP contribution in [0.1, 0.15) is 29.2 Å². The second-order valence-electron chi connectivity index (χ2n) is 5.61. The highest BCUT2D eigenvalue weighted by molar-refractivity contribution is 5.81. The lowest BCUT2D eigenvalue weighted by molar-refractivity contribution is -0.143. The average molecular weight is 268 g/mol. The van der Waals surface area contributed by atoms with Crippen LogP contribution in [0.3, 0.4) is 0 Å². The van der Waals surface area contributed by atoms with Gasteiger partial charge in [0.05, 0.1) is 5.41 Å². The first-order valence-corrected chi connectivity index (χ1v) is 6.78. The van der Waals surface area contributed by atoms with Gasteiger partial charge in [0.2, 0.25) is 0 Å². The van der Waals surface area contributed by atoms with E-state index in [9.17, 15) is 9.90 Å². The molecular formula is C18H20O2. The van der Waals surface area contributed by atoms with Crippen LogP contribution in [0, 0.1) is 13.8 Å². The fraction of sp³-hybridized carbons (Fsp3) is 0.278.